The Hall–Kier alpha value is -2.21. The number of piperidine rings is 1. The number of aromatic amines is 1. The van der Waals surface area contributed by atoms with E-state index in [1.165, 1.54) is 12.8 Å². The van der Waals surface area contributed by atoms with Crippen LogP contribution in [0, 0.1) is 12.8 Å². The molecule has 0 aliphatic carbocycles. The molecular weight excluding hydrogens is 290 g/mol. The van der Waals surface area contributed by atoms with Crippen molar-refractivity contribution in [3.8, 4) is 0 Å². The van der Waals surface area contributed by atoms with Crippen LogP contribution < -0.4 is 0 Å². The van der Waals surface area contributed by atoms with Gasteiger partial charge in [0.05, 0.1) is 17.6 Å². The summed E-state index contributed by atoms with van der Waals surface area (Å²) < 4.78 is 5.06. The Morgan fingerprint density at radius 2 is 2.22 bits per heavy atom. The zero-order valence-corrected chi connectivity index (χ0v) is 13.3. The Labute approximate surface area is 134 Å². The summed E-state index contributed by atoms with van der Waals surface area (Å²) in [6.45, 7) is 4.76. The van der Waals surface area contributed by atoms with Crippen LogP contribution in [0.25, 0.3) is 11.0 Å². The zero-order chi connectivity index (χ0) is 15.6. The summed E-state index contributed by atoms with van der Waals surface area (Å²) in [6, 6.07) is 8.21. The van der Waals surface area contributed by atoms with Crippen LogP contribution in [0.15, 0.2) is 28.8 Å². The molecule has 1 fully saturated rings. The third-order valence-electron chi connectivity index (χ3n) is 4.46. The van der Waals surface area contributed by atoms with Crippen molar-refractivity contribution in [2.45, 2.75) is 32.7 Å². The number of hydrogen-bond acceptors (Lipinski definition) is 5. The number of rotatable bonds is 4. The van der Waals surface area contributed by atoms with Crippen LogP contribution in [0.1, 0.15) is 30.4 Å². The number of aromatic nitrogens is 4. The normalized spacial score (nSPS) is 19.4. The van der Waals surface area contributed by atoms with Gasteiger partial charge >= 0.3 is 0 Å². The maximum absolute atomic E-state index is 5.06. The molecule has 0 spiro atoms. The molecule has 6 nitrogen and oxygen atoms in total. The van der Waals surface area contributed by atoms with Gasteiger partial charge in [-0.2, -0.15) is 4.98 Å². The van der Waals surface area contributed by atoms with Crippen molar-refractivity contribution in [3.05, 3.63) is 41.8 Å². The molecule has 0 radical (unpaired) electrons. The molecule has 1 N–H and O–H groups in total. The highest BCUT2D eigenvalue weighted by molar-refractivity contribution is 5.74. The molecule has 1 aliphatic rings. The molecule has 1 saturated heterocycles. The lowest BCUT2D eigenvalue weighted by molar-refractivity contribution is 0.161. The minimum atomic E-state index is 0.623. The van der Waals surface area contributed by atoms with Crippen molar-refractivity contribution in [2.75, 3.05) is 13.1 Å². The molecule has 1 unspecified atom stereocenters. The van der Waals surface area contributed by atoms with E-state index >= 15 is 0 Å². The molecule has 6 heteroatoms. The Balaban J connectivity index is 1.40. The summed E-state index contributed by atoms with van der Waals surface area (Å²) >= 11 is 0. The van der Waals surface area contributed by atoms with Gasteiger partial charge in [-0.15, -0.1) is 0 Å². The predicted octanol–water partition coefficient (Wildman–Crippen LogP) is 2.71. The van der Waals surface area contributed by atoms with Crippen molar-refractivity contribution < 1.29 is 4.52 Å². The number of fused-ring (bicyclic) bond motifs is 1. The summed E-state index contributed by atoms with van der Waals surface area (Å²) in [7, 11) is 0. The van der Waals surface area contributed by atoms with Crippen LogP contribution in [0.5, 0.6) is 0 Å². The molecule has 1 atom stereocenters. The molecule has 23 heavy (non-hydrogen) atoms. The lowest BCUT2D eigenvalue weighted by Crippen LogP contribution is -2.36. The van der Waals surface area contributed by atoms with E-state index in [-0.39, 0.29) is 0 Å². The van der Waals surface area contributed by atoms with Crippen molar-refractivity contribution in [1.82, 2.24) is 25.0 Å². The van der Waals surface area contributed by atoms with Gasteiger partial charge in [-0.3, -0.25) is 4.90 Å². The first kappa shape index (κ1) is 14.4. The molecule has 4 rings (SSSR count). The van der Waals surface area contributed by atoms with E-state index in [0.717, 1.165) is 48.7 Å². The third kappa shape index (κ3) is 3.27. The largest absolute Gasteiger partial charge is 0.342 e. The minimum Gasteiger partial charge on any atom is -0.342 e. The zero-order valence-electron chi connectivity index (χ0n) is 13.3. The van der Waals surface area contributed by atoms with E-state index in [4.69, 9.17) is 9.51 Å². The van der Waals surface area contributed by atoms with Crippen molar-refractivity contribution in [3.63, 3.8) is 0 Å². The summed E-state index contributed by atoms with van der Waals surface area (Å²) in [4.78, 5) is 14.9. The average Bonchev–Trinajstić information content (AvgIpc) is 3.13. The van der Waals surface area contributed by atoms with Crippen molar-refractivity contribution in [2.24, 2.45) is 5.92 Å². The third-order valence-corrected chi connectivity index (χ3v) is 4.46. The number of aryl methyl sites for hydroxylation is 1. The fourth-order valence-corrected chi connectivity index (χ4v) is 3.44. The average molecular weight is 311 g/mol. The fourth-order valence-electron chi connectivity index (χ4n) is 3.44. The fraction of sp³-hybridized carbons (Fsp3) is 0.471. The first-order chi connectivity index (χ1) is 11.3. The highest BCUT2D eigenvalue weighted by Gasteiger charge is 2.22. The van der Waals surface area contributed by atoms with Crippen LogP contribution in [-0.4, -0.2) is 38.1 Å². The molecule has 120 valence electrons. The number of imidazole rings is 1. The highest BCUT2D eigenvalue weighted by Crippen LogP contribution is 2.22. The second-order valence-corrected chi connectivity index (χ2v) is 6.38. The lowest BCUT2D eigenvalue weighted by Gasteiger charge is -2.31. The summed E-state index contributed by atoms with van der Waals surface area (Å²) in [6.07, 6.45) is 3.46. The van der Waals surface area contributed by atoms with Gasteiger partial charge < -0.3 is 9.51 Å². The smallest absolute Gasteiger partial charge is 0.223 e. The monoisotopic (exact) mass is 311 g/mol. The number of benzene rings is 1. The van der Waals surface area contributed by atoms with E-state index in [0.29, 0.717) is 11.8 Å². The summed E-state index contributed by atoms with van der Waals surface area (Å²) in [5, 5.41) is 4.00. The Kier molecular flexibility index (Phi) is 3.83. The number of likely N-dealkylation sites (tertiary alicyclic amines) is 1. The topological polar surface area (TPSA) is 70.8 Å². The van der Waals surface area contributed by atoms with Gasteiger partial charge in [0.15, 0.2) is 5.82 Å². The number of nitrogens with one attached hydrogen (secondary N) is 1. The maximum atomic E-state index is 5.06. The van der Waals surface area contributed by atoms with E-state index in [9.17, 15) is 0 Å². The van der Waals surface area contributed by atoms with Crippen LogP contribution in [-0.2, 0) is 13.0 Å². The second kappa shape index (κ2) is 6.12. The molecule has 3 heterocycles. The van der Waals surface area contributed by atoms with Gasteiger partial charge in [0, 0.05) is 19.9 Å². The van der Waals surface area contributed by atoms with Gasteiger partial charge in [-0.05, 0) is 37.4 Å². The van der Waals surface area contributed by atoms with Gasteiger partial charge in [-0.1, -0.05) is 17.3 Å². The van der Waals surface area contributed by atoms with Gasteiger partial charge in [0.1, 0.15) is 5.82 Å². The maximum Gasteiger partial charge on any atom is 0.223 e. The Morgan fingerprint density at radius 1 is 1.30 bits per heavy atom. The molecule has 1 aromatic carbocycles. The van der Waals surface area contributed by atoms with Crippen LogP contribution in [0.2, 0.25) is 0 Å². The number of hydrogen-bond donors (Lipinski definition) is 1. The molecule has 0 amide bonds. The van der Waals surface area contributed by atoms with E-state index < -0.39 is 0 Å². The van der Waals surface area contributed by atoms with Crippen LogP contribution >= 0.6 is 0 Å². The minimum absolute atomic E-state index is 0.623. The van der Waals surface area contributed by atoms with E-state index in [1.807, 2.05) is 19.1 Å². The highest BCUT2D eigenvalue weighted by atomic mass is 16.5. The number of nitrogens with zero attached hydrogens (tertiary/aromatic N) is 4. The molecule has 2 aromatic heterocycles. The molecule has 1 aliphatic heterocycles. The summed E-state index contributed by atoms with van der Waals surface area (Å²) in [5.74, 6) is 3.13. The first-order valence-electron chi connectivity index (χ1n) is 8.21. The number of para-hydroxylation sites is 2. The SMILES string of the molecule is Cc1nc(CN2CCCC(Cc3nc4ccccc4[nH]3)C2)no1. The first-order valence-corrected chi connectivity index (χ1v) is 8.21. The van der Waals surface area contributed by atoms with Crippen LogP contribution in [0.4, 0.5) is 0 Å². The Morgan fingerprint density at radius 3 is 3.04 bits per heavy atom. The Bertz CT molecular complexity index is 760. The van der Waals surface area contributed by atoms with E-state index in [2.05, 4.69) is 32.2 Å². The number of H-pyrrole nitrogens is 1. The van der Waals surface area contributed by atoms with Crippen molar-refractivity contribution >= 4 is 11.0 Å². The summed E-state index contributed by atoms with van der Waals surface area (Å²) in [5.41, 5.74) is 2.18. The quantitative estimate of drug-likeness (QED) is 0.802. The van der Waals surface area contributed by atoms with Gasteiger partial charge in [-0.25, -0.2) is 4.98 Å². The van der Waals surface area contributed by atoms with Crippen LogP contribution in [0.3, 0.4) is 0 Å². The standard InChI is InChI=1S/C17H21N5O/c1-12-18-17(21-23-12)11-22-8-4-5-13(10-22)9-16-19-14-6-2-3-7-15(14)20-16/h2-3,6-7,13H,4-5,8-11H2,1H3,(H,19,20). The molecular formula is C17H21N5O. The molecule has 0 bridgehead atoms. The molecule has 0 saturated carbocycles. The lowest BCUT2D eigenvalue weighted by atomic mass is 9.94. The van der Waals surface area contributed by atoms with Gasteiger partial charge in [0.25, 0.3) is 0 Å². The second-order valence-electron chi connectivity index (χ2n) is 6.38. The van der Waals surface area contributed by atoms with Gasteiger partial charge in [0.2, 0.25) is 5.89 Å². The van der Waals surface area contributed by atoms with E-state index in [1.54, 1.807) is 0 Å². The van der Waals surface area contributed by atoms with Crippen molar-refractivity contribution in [1.29, 1.82) is 0 Å². The predicted molar refractivity (Wildman–Crippen MR) is 86.8 cm³/mol. The molecule has 3 aromatic rings.